The largest absolute Gasteiger partial charge is 0.206 e. The van der Waals surface area contributed by atoms with Crippen LogP contribution < -0.4 is 21.2 Å². The Bertz CT molecular complexity index is 1260. The van der Waals surface area contributed by atoms with Gasteiger partial charge in [0.15, 0.2) is 0 Å². The van der Waals surface area contributed by atoms with Crippen LogP contribution in [0.15, 0.2) is 97.1 Å². The zero-order valence-electron chi connectivity index (χ0n) is 21.5. The number of benzene rings is 4. The van der Waals surface area contributed by atoms with Crippen molar-refractivity contribution in [2.24, 2.45) is 23.7 Å². The normalized spacial score (nSPS) is 22.2. The van der Waals surface area contributed by atoms with Crippen LogP contribution >= 0.6 is 15.8 Å². The third-order valence-electron chi connectivity index (χ3n) is 8.63. The summed E-state index contributed by atoms with van der Waals surface area (Å²) in [5, 5.41) is 2.29. The Morgan fingerprint density at radius 2 is 0.744 bits per heavy atom. The van der Waals surface area contributed by atoms with E-state index in [9.17, 15) is 0 Å². The van der Waals surface area contributed by atoms with Crippen LogP contribution in [0.4, 0.5) is 17.6 Å². The zero-order chi connectivity index (χ0) is 26.9. The molecule has 0 N–H and O–H groups in total. The molecule has 6 rings (SSSR count). The fraction of sp³-hybridized carbons (Fsp3) is 0.273. The molecule has 4 aromatic rings. The highest BCUT2D eigenvalue weighted by Gasteiger charge is 2.49. The summed E-state index contributed by atoms with van der Waals surface area (Å²) in [6.45, 7) is 0. The molecule has 4 aromatic carbocycles. The lowest BCUT2D eigenvalue weighted by Crippen LogP contribution is -2.33. The first-order valence-electron chi connectivity index (χ1n) is 13.5. The van der Waals surface area contributed by atoms with E-state index in [0.29, 0.717) is 45.4 Å². The highest BCUT2D eigenvalue weighted by molar-refractivity contribution is 7.73. The molecule has 2 saturated carbocycles. The van der Waals surface area contributed by atoms with Crippen molar-refractivity contribution in [3.8, 4) is 0 Å². The van der Waals surface area contributed by atoms with E-state index in [2.05, 4.69) is 0 Å². The summed E-state index contributed by atoms with van der Waals surface area (Å²) in [4.78, 5) is 0. The van der Waals surface area contributed by atoms with Gasteiger partial charge >= 0.3 is 0 Å². The minimum absolute atomic E-state index is 0.248. The summed E-state index contributed by atoms with van der Waals surface area (Å²) in [5.74, 6) is 0.245. The standard InChI is InChI=1S/C33H30F4P2/c34-26-9-1-5-13-30(26)38(31-14-6-2-10-27(31)35)20-24-22-17-18-23(19-22)25(24)21-39(32-15-7-3-11-28(32)36)33-16-8-4-12-29(33)37/h1-16,22-25H,17-21H2. The molecule has 0 amide bonds. The summed E-state index contributed by atoms with van der Waals surface area (Å²) in [6.07, 6.45) is 4.67. The molecule has 0 heterocycles. The molecule has 4 unspecified atom stereocenters. The Labute approximate surface area is 230 Å². The van der Waals surface area contributed by atoms with Crippen LogP contribution in [0.1, 0.15) is 19.3 Å². The first-order chi connectivity index (χ1) is 19.0. The third kappa shape index (κ3) is 5.31. The molecule has 0 saturated heterocycles. The van der Waals surface area contributed by atoms with Crippen molar-refractivity contribution in [1.82, 2.24) is 0 Å². The zero-order valence-corrected chi connectivity index (χ0v) is 23.3. The molecule has 0 spiro atoms. The second kappa shape index (κ2) is 11.5. The summed E-state index contributed by atoms with van der Waals surface area (Å²) < 4.78 is 60.7. The van der Waals surface area contributed by atoms with Gasteiger partial charge in [-0.25, -0.2) is 17.6 Å². The highest BCUT2D eigenvalue weighted by Crippen LogP contribution is 2.58. The summed E-state index contributed by atoms with van der Waals surface area (Å²) in [5.41, 5.74) is 0. The monoisotopic (exact) mass is 564 g/mol. The number of hydrogen-bond donors (Lipinski definition) is 0. The molecule has 0 aromatic heterocycles. The average Bonchev–Trinajstić information content (AvgIpc) is 3.55. The van der Waals surface area contributed by atoms with E-state index in [-0.39, 0.29) is 35.1 Å². The predicted molar refractivity (Wildman–Crippen MR) is 156 cm³/mol. The van der Waals surface area contributed by atoms with E-state index in [0.717, 1.165) is 19.3 Å². The van der Waals surface area contributed by atoms with Gasteiger partial charge in [-0.05, 0) is 95.4 Å². The van der Waals surface area contributed by atoms with Gasteiger partial charge in [-0.3, -0.25) is 0 Å². The van der Waals surface area contributed by atoms with Gasteiger partial charge in [-0.15, -0.1) is 0 Å². The van der Waals surface area contributed by atoms with Crippen LogP contribution in [0, 0.1) is 46.9 Å². The second-order valence-electron chi connectivity index (χ2n) is 10.7. The molecule has 39 heavy (non-hydrogen) atoms. The molecular formula is C33H30F4P2. The maximum Gasteiger partial charge on any atom is 0.131 e. The molecule has 0 nitrogen and oxygen atoms in total. The molecule has 2 aliphatic carbocycles. The van der Waals surface area contributed by atoms with Crippen molar-refractivity contribution in [1.29, 1.82) is 0 Å². The lowest BCUT2D eigenvalue weighted by Gasteiger charge is -2.36. The number of halogens is 4. The van der Waals surface area contributed by atoms with Gasteiger partial charge in [0.2, 0.25) is 0 Å². The van der Waals surface area contributed by atoms with Gasteiger partial charge in [0.05, 0.1) is 0 Å². The molecule has 0 radical (unpaired) electrons. The Morgan fingerprint density at radius 3 is 1.03 bits per heavy atom. The van der Waals surface area contributed by atoms with E-state index in [4.69, 9.17) is 0 Å². The summed E-state index contributed by atoms with van der Waals surface area (Å²) >= 11 is 0. The van der Waals surface area contributed by atoms with Crippen molar-refractivity contribution in [2.75, 3.05) is 12.3 Å². The van der Waals surface area contributed by atoms with Gasteiger partial charge in [-0.2, -0.15) is 0 Å². The average molecular weight is 565 g/mol. The van der Waals surface area contributed by atoms with E-state index in [1.807, 2.05) is 24.3 Å². The molecule has 6 heteroatoms. The number of fused-ring (bicyclic) bond motifs is 2. The minimum Gasteiger partial charge on any atom is -0.206 e. The van der Waals surface area contributed by atoms with Crippen LogP contribution in [-0.2, 0) is 0 Å². The predicted octanol–water partition coefficient (Wildman–Crippen LogP) is 7.47. The van der Waals surface area contributed by atoms with Crippen LogP contribution in [0.2, 0.25) is 0 Å². The lowest BCUT2D eigenvalue weighted by molar-refractivity contribution is 0.267. The topological polar surface area (TPSA) is 0 Å². The molecule has 4 atom stereocenters. The summed E-state index contributed by atoms with van der Waals surface area (Å²) in [6, 6.07) is 27.0. The quantitative estimate of drug-likeness (QED) is 0.154. The van der Waals surface area contributed by atoms with Crippen LogP contribution in [0.25, 0.3) is 0 Å². The lowest BCUT2D eigenvalue weighted by atomic mass is 9.81. The van der Waals surface area contributed by atoms with Gasteiger partial charge in [0.25, 0.3) is 0 Å². The first kappa shape index (κ1) is 26.7. The minimum atomic E-state index is -1.28. The Kier molecular flexibility index (Phi) is 7.88. The fourth-order valence-electron chi connectivity index (χ4n) is 6.86. The van der Waals surface area contributed by atoms with Crippen molar-refractivity contribution in [3.05, 3.63) is 120 Å². The fourth-order valence-corrected chi connectivity index (χ4v) is 12.5. The number of hydrogen-bond acceptors (Lipinski definition) is 0. The summed E-state index contributed by atoms with van der Waals surface area (Å²) in [7, 11) is -2.56. The molecule has 200 valence electrons. The van der Waals surface area contributed by atoms with Crippen molar-refractivity contribution in [2.45, 2.75) is 19.3 Å². The van der Waals surface area contributed by atoms with Crippen molar-refractivity contribution < 1.29 is 17.6 Å². The van der Waals surface area contributed by atoms with Gasteiger partial charge in [0, 0.05) is 21.2 Å². The van der Waals surface area contributed by atoms with E-state index in [1.165, 1.54) is 24.3 Å². The molecule has 2 aliphatic rings. The Hall–Kier alpha value is -2.54. The number of rotatable bonds is 8. The molecule has 0 aliphatic heterocycles. The Morgan fingerprint density at radius 1 is 0.462 bits per heavy atom. The van der Waals surface area contributed by atoms with Crippen LogP contribution in [-0.4, -0.2) is 12.3 Å². The maximum absolute atomic E-state index is 15.2. The van der Waals surface area contributed by atoms with Crippen molar-refractivity contribution >= 4 is 37.1 Å². The molecular weight excluding hydrogens is 534 g/mol. The van der Waals surface area contributed by atoms with Crippen LogP contribution in [0.3, 0.4) is 0 Å². The van der Waals surface area contributed by atoms with Gasteiger partial charge < -0.3 is 0 Å². The van der Waals surface area contributed by atoms with Crippen LogP contribution in [0.5, 0.6) is 0 Å². The maximum atomic E-state index is 15.2. The molecule has 2 fully saturated rings. The van der Waals surface area contributed by atoms with Crippen molar-refractivity contribution in [3.63, 3.8) is 0 Å². The van der Waals surface area contributed by atoms with Gasteiger partial charge in [0.1, 0.15) is 23.3 Å². The molecule has 2 bridgehead atoms. The van der Waals surface area contributed by atoms with E-state index < -0.39 is 15.8 Å². The third-order valence-corrected chi connectivity index (χ3v) is 14.0. The van der Waals surface area contributed by atoms with E-state index >= 15 is 17.6 Å². The van der Waals surface area contributed by atoms with Gasteiger partial charge in [-0.1, -0.05) is 72.8 Å². The SMILES string of the molecule is Fc1ccccc1P(CC1C2CCC(C2)C1CP(c1ccccc1F)c1ccccc1F)c1ccccc1F. The second-order valence-corrected chi connectivity index (χ2v) is 15.1. The van der Waals surface area contributed by atoms with E-state index in [1.54, 1.807) is 48.5 Å². The Balaban J connectivity index is 1.39. The highest BCUT2D eigenvalue weighted by atomic mass is 31.1. The smallest absolute Gasteiger partial charge is 0.131 e. The first-order valence-corrected chi connectivity index (χ1v) is 16.6.